The first kappa shape index (κ1) is 14.3. The van der Waals surface area contributed by atoms with Crippen LogP contribution in [0.5, 0.6) is 0 Å². The van der Waals surface area contributed by atoms with Crippen molar-refractivity contribution in [1.29, 1.82) is 0 Å². The maximum Gasteiger partial charge on any atom is 0.242 e. The minimum atomic E-state index is -3.52. The first-order valence-corrected chi connectivity index (χ1v) is 7.86. The minimum Gasteiger partial charge on any atom is -0.387 e. The number of hydrogen-bond donors (Lipinski definition) is 2. The molecule has 1 atom stereocenters. The Balaban J connectivity index is 2.14. The maximum atomic E-state index is 12.3. The zero-order chi connectivity index (χ0) is 13.9. The van der Waals surface area contributed by atoms with Crippen LogP contribution in [-0.4, -0.2) is 34.2 Å². The molecule has 1 aromatic carbocycles. The maximum absolute atomic E-state index is 12.3. The smallest absolute Gasteiger partial charge is 0.242 e. The van der Waals surface area contributed by atoms with E-state index in [0.29, 0.717) is 18.8 Å². The molecule has 1 fully saturated rings. The molecule has 2 rings (SSSR count). The third-order valence-electron chi connectivity index (χ3n) is 3.38. The highest BCUT2D eigenvalue weighted by molar-refractivity contribution is 7.89. The lowest BCUT2D eigenvalue weighted by Crippen LogP contribution is -2.40. The number of benzene rings is 1. The van der Waals surface area contributed by atoms with Crippen molar-refractivity contribution in [2.75, 3.05) is 25.5 Å². The number of sulfonamides is 1. The number of nitrogens with one attached hydrogen (secondary N) is 2. The molecular formula is C13H20N2O3S. The molecule has 0 spiro atoms. The van der Waals surface area contributed by atoms with Crippen molar-refractivity contribution in [3.8, 4) is 0 Å². The van der Waals surface area contributed by atoms with E-state index in [0.717, 1.165) is 12.8 Å². The number of anilines is 1. The van der Waals surface area contributed by atoms with Crippen molar-refractivity contribution >= 4 is 15.7 Å². The molecule has 106 valence electrons. The monoisotopic (exact) mass is 284 g/mol. The molecule has 0 bridgehead atoms. The van der Waals surface area contributed by atoms with Crippen molar-refractivity contribution in [2.24, 2.45) is 0 Å². The molecule has 1 unspecified atom stereocenters. The highest BCUT2D eigenvalue weighted by Gasteiger charge is 2.31. The SMILES string of the molecule is CNc1ccccc1S(=O)(=O)NCC1(C)CCCO1. The topological polar surface area (TPSA) is 67.4 Å². The zero-order valence-electron chi connectivity index (χ0n) is 11.3. The van der Waals surface area contributed by atoms with E-state index in [4.69, 9.17) is 4.74 Å². The summed E-state index contributed by atoms with van der Waals surface area (Å²) in [5.74, 6) is 0. The second kappa shape index (κ2) is 5.48. The van der Waals surface area contributed by atoms with Crippen LogP contribution in [0.25, 0.3) is 0 Å². The lowest BCUT2D eigenvalue weighted by molar-refractivity contribution is 0.0250. The minimum absolute atomic E-state index is 0.263. The van der Waals surface area contributed by atoms with Crippen LogP contribution in [0, 0.1) is 0 Å². The average Bonchev–Trinajstić information content (AvgIpc) is 2.84. The number of hydrogen-bond acceptors (Lipinski definition) is 4. The van der Waals surface area contributed by atoms with Crippen LogP contribution < -0.4 is 10.0 Å². The van der Waals surface area contributed by atoms with Crippen molar-refractivity contribution in [3.63, 3.8) is 0 Å². The molecule has 19 heavy (non-hydrogen) atoms. The summed E-state index contributed by atoms with van der Waals surface area (Å²) >= 11 is 0. The Bertz CT molecular complexity index is 537. The fourth-order valence-electron chi connectivity index (χ4n) is 2.21. The third-order valence-corrected chi connectivity index (χ3v) is 4.84. The normalized spacial score (nSPS) is 23.5. The van der Waals surface area contributed by atoms with Gasteiger partial charge in [0.25, 0.3) is 0 Å². The number of rotatable bonds is 5. The molecule has 6 heteroatoms. The Kier molecular flexibility index (Phi) is 4.13. The van der Waals surface area contributed by atoms with Crippen molar-refractivity contribution in [2.45, 2.75) is 30.3 Å². The van der Waals surface area contributed by atoms with Gasteiger partial charge in [0, 0.05) is 20.2 Å². The van der Waals surface area contributed by atoms with Crippen LogP contribution >= 0.6 is 0 Å². The number of para-hydroxylation sites is 1. The predicted molar refractivity (Wildman–Crippen MR) is 74.8 cm³/mol. The van der Waals surface area contributed by atoms with Crippen molar-refractivity contribution in [1.82, 2.24) is 4.72 Å². The van der Waals surface area contributed by atoms with Gasteiger partial charge in [-0.15, -0.1) is 0 Å². The van der Waals surface area contributed by atoms with Gasteiger partial charge < -0.3 is 10.1 Å². The first-order chi connectivity index (χ1) is 8.97. The van der Waals surface area contributed by atoms with Gasteiger partial charge in [-0.3, -0.25) is 0 Å². The molecule has 1 aliphatic heterocycles. The van der Waals surface area contributed by atoms with Crippen LogP contribution in [0.15, 0.2) is 29.2 Å². The van der Waals surface area contributed by atoms with Crippen LogP contribution in [0.2, 0.25) is 0 Å². The van der Waals surface area contributed by atoms with Gasteiger partial charge in [0.15, 0.2) is 0 Å². The summed E-state index contributed by atoms with van der Waals surface area (Å²) in [4.78, 5) is 0.263. The second-order valence-corrected chi connectivity index (χ2v) is 6.71. The van der Waals surface area contributed by atoms with Crippen LogP contribution in [0.1, 0.15) is 19.8 Å². The van der Waals surface area contributed by atoms with E-state index in [2.05, 4.69) is 10.0 Å². The molecule has 1 aromatic rings. The highest BCUT2D eigenvalue weighted by Crippen LogP contribution is 2.25. The highest BCUT2D eigenvalue weighted by atomic mass is 32.2. The predicted octanol–water partition coefficient (Wildman–Crippen LogP) is 1.58. The van der Waals surface area contributed by atoms with E-state index < -0.39 is 10.0 Å². The molecule has 1 heterocycles. The molecule has 0 radical (unpaired) electrons. The summed E-state index contributed by atoms with van der Waals surface area (Å²) in [5.41, 5.74) is 0.203. The Labute approximate surface area is 114 Å². The van der Waals surface area contributed by atoms with Gasteiger partial charge in [0.05, 0.1) is 11.3 Å². The van der Waals surface area contributed by atoms with Crippen molar-refractivity contribution in [3.05, 3.63) is 24.3 Å². The van der Waals surface area contributed by atoms with Crippen LogP contribution in [0.3, 0.4) is 0 Å². The van der Waals surface area contributed by atoms with E-state index in [-0.39, 0.29) is 10.5 Å². The van der Waals surface area contributed by atoms with E-state index >= 15 is 0 Å². The quantitative estimate of drug-likeness (QED) is 0.861. The summed E-state index contributed by atoms with van der Waals surface area (Å²) in [5, 5.41) is 2.89. The molecule has 0 aliphatic carbocycles. The van der Waals surface area contributed by atoms with E-state index in [1.54, 1.807) is 31.3 Å². The van der Waals surface area contributed by atoms with Gasteiger partial charge in [-0.2, -0.15) is 0 Å². The molecule has 2 N–H and O–H groups in total. The molecule has 0 aromatic heterocycles. The third kappa shape index (κ3) is 3.26. The fourth-order valence-corrected chi connectivity index (χ4v) is 3.58. The zero-order valence-corrected chi connectivity index (χ0v) is 12.1. The lowest BCUT2D eigenvalue weighted by atomic mass is 10.0. The Hall–Kier alpha value is -1.11. The molecule has 5 nitrogen and oxygen atoms in total. The Morgan fingerprint density at radius 2 is 2.11 bits per heavy atom. The van der Waals surface area contributed by atoms with E-state index in [1.807, 2.05) is 6.92 Å². The van der Waals surface area contributed by atoms with Crippen molar-refractivity contribution < 1.29 is 13.2 Å². The van der Waals surface area contributed by atoms with Gasteiger partial charge in [-0.1, -0.05) is 12.1 Å². The summed E-state index contributed by atoms with van der Waals surface area (Å²) in [6, 6.07) is 6.84. The second-order valence-electron chi connectivity index (χ2n) is 4.97. The molecule has 0 saturated carbocycles. The van der Waals surface area contributed by atoms with Crippen LogP contribution in [-0.2, 0) is 14.8 Å². The fraction of sp³-hybridized carbons (Fsp3) is 0.538. The largest absolute Gasteiger partial charge is 0.387 e. The summed E-state index contributed by atoms with van der Waals surface area (Å²) < 4.78 is 32.8. The molecule has 1 aliphatic rings. The van der Waals surface area contributed by atoms with Gasteiger partial charge in [0.1, 0.15) is 4.90 Å². The van der Waals surface area contributed by atoms with Gasteiger partial charge >= 0.3 is 0 Å². The standard InChI is InChI=1S/C13H20N2O3S/c1-13(8-5-9-18-13)10-15-19(16,17)12-7-4-3-6-11(12)14-2/h3-4,6-7,14-15H,5,8-10H2,1-2H3. The van der Waals surface area contributed by atoms with Gasteiger partial charge in [0.2, 0.25) is 10.0 Å². The summed E-state index contributed by atoms with van der Waals surface area (Å²) in [6.07, 6.45) is 1.86. The summed E-state index contributed by atoms with van der Waals surface area (Å²) in [6.45, 7) is 2.94. The molecule has 0 amide bonds. The molecule has 1 saturated heterocycles. The van der Waals surface area contributed by atoms with Gasteiger partial charge in [-0.25, -0.2) is 13.1 Å². The Morgan fingerprint density at radius 1 is 1.37 bits per heavy atom. The molecular weight excluding hydrogens is 264 g/mol. The van der Waals surface area contributed by atoms with E-state index in [1.165, 1.54) is 0 Å². The first-order valence-electron chi connectivity index (χ1n) is 6.37. The Morgan fingerprint density at radius 3 is 2.74 bits per heavy atom. The van der Waals surface area contributed by atoms with E-state index in [9.17, 15) is 8.42 Å². The average molecular weight is 284 g/mol. The van der Waals surface area contributed by atoms with Crippen LogP contribution in [0.4, 0.5) is 5.69 Å². The lowest BCUT2D eigenvalue weighted by Gasteiger charge is -2.23. The van der Waals surface area contributed by atoms with Gasteiger partial charge in [-0.05, 0) is 31.9 Å². The number of ether oxygens (including phenoxy) is 1. The summed E-state index contributed by atoms with van der Waals surface area (Å²) in [7, 11) is -1.82.